The fourth-order valence-electron chi connectivity index (χ4n) is 1.07. The van der Waals surface area contributed by atoms with E-state index >= 15 is 0 Å². The third kappa shape index (κ3) is 3.48. The number of hydrogen-bond donors (Lipinski definition) is 2. The summed E-state index contributed by atoms with van der Waals surface area (Å²) in [5.41, 5.74) is 5.98. The third-order valence-electron chi connectivity index (χ3n) is 1.58. The summed E-state index contributed by atoms with van der Waals surface area (Å²) in [5, 5.41) is 3.38. The Morgan fingerprint density at radius 1 is 1.50 bits per heavy atom. The zero-order valence-corrected chi connectivity index (χ0v) is 7.87. The van der Waals surface area contributed by atoms with Crippen molar-refractivity contribution in [2.45, 2.75) is 33.2 Å². The van der Waals surface area contributed by atoms with Gasteiger partial charge >= 0.3 is 0 Å². The van der Waals surface area contributed by atoms with Crippen LogP contribution < -0.4 is 11.6 Å². The number of hydrazone groups is 1. The van der Waals surface area contributed by atoms with Crippen LogP contribution in [-0.4, -0.2) is 17.5 Å². The molecule has 0 radical (unpaired) electrons. The highest BCUT2D eigenvalue weighted by molar-refractivity contribution is 6.40. The van der Waals surface area contributed by atoms with Gasteiger partial charge in [-0.05, 0) is 12.3 Å². The molecule has 0 saturated carbocycles. The van der Waals surface area contributed by atoms with Gasteiger partial charge in [-0.2, -0.15) is 5.10 Å². The van der Waals surface area contributed by atoms with Gasteiger partial charge in [-0.3, -0.25) is 4.79 Å². The monoisotopic (exact) mass is 171 g/mol. The van der Waals surface area contributed by atoms with E-state index in [0.29, 0.717) is 5.92 Å². The lowest BCUT2D eigenvalue weighted by Gasteiger charge is -2.13. The lowest BCUT2D eigenvalue weighted by Crippen LogP contribution is -2.37. The number of carbonyl (C=O) groups is 1. The molecule has 0 aromatic heterocycles. The van der Waals surface area contributed by atoms with Crippen LogP contribution in [0.4, 0.5) is 0 Å². The fraction of sp³-hybridized carbons (Fsp3) is 0.750. The van der Waals surface area contributed by atoms with Crippen LogP contribution in [0.1, 0.15) is 27.2 Å². The predicted octanol–water partition coefficient (Wildman–Crippen LogP) is 0.263. The van der Waals surface area contributed by atoms with Crippen molar-refractivity contribution in [2.75, 3.05) is 0 Å². The second-order valence-electron chi connectivity index (χ2n) is 3.31. The molecule has 4 heteroatoms. The Morgan fingerprint density at radius 2 is 2.00 bits per heavy atom. The molecule has 0 aliphatic carbocycles. The topological polar surface area (TPSA) is 81.5 Å². The smallest absolute Gasteiger partial charge is 0.177 e. The summed E-state index contributed by atoms with van der Waals surface area (Å²) in [5.74, 6) is 5.33. The van der Waals surface area contributed by atoms with Crippen LogP contribution in [0.25, 0.3) is 0 Å². The van der Waals surface area contributed by atoms with Crippen molar-refractivity contribution in [3.63, 3.8) is 0 Å². The maximum Gasteiger partial charge on any atom is 0.177 e. The average molecular weight is 171 g/mol. The van der Waals surface area contributed by atoms with E-state index in [2.05, 4.69) is 5.10 Å². The van der Waals surface area contributed by atoms with Crippen LogP contribution in [-0.2, 0) is 4.79 Å². The molecule has 0 fully saturated rings. The first-order valence-corrected chi connectivity index (χ1v) is 4.03. The molecular formula is C8H17N3O. The van der Waals surface area contributed by atoms with E-state index in [1.54, 1.807) is 0 Å². The summed E-state index contributed by atoms with van der Waals surface area (Å²) < 4.78 is 0. The Balaban J connectivity index is 4.24. The van der Waals surface area contributed by atoms with Gasteiger partial charge in [0.25, 0.3) is 0 Å². The van der Waals surface area contributed by atoms with E-state index in [0.717, 1.165) is 6.42 Å². The van der Waals surface area contributed by atoms with E-state index in [4.69, 9.17) is 11.6 Å². The van der Waals surface area contributed by atoms with Crippen molar-refractivity contribution in [1.29, 1.82) is 0 Å². The summed E-state index contributed by atoms with van der Waals surface area (Å²) in [7, 11) is 0. The lowest BCUT2D eigenvalue weighted by molar-refractivity contribution is -0.111. The third-order valence-corrected chi connectivity index (χ3v) is 1.58. The highest BCUT2D eigenvalue weighted by Crippen LogP contribution is 2.04. The predicted molar refractivity (Wildman–Crippen MR) is 49.7 cm³/mol. The summed E-state index contributed by atoms with van der Waals surface area (Å²) in [4.78, 5) is 10.9. The molecule has 0 rings (SSSR count). The Kier molecular flexibility index (Phi) is 4.51. The number of carbonyl (C=O) groups excluding carboxylic acids is 1. The molecule has 0 saturated heterocycles. The number of nitrogens with two attached hydrogens (primary N) is 2. The van der Waals surface area contributed by atoms with Crippen molar-refractivity contribution in [3.8, 4) is 0 Å². The molecule has 0 amide bonds. The molecule has 4 nitrogen and oxygen atoms in total. The summed E-state index contributed by atoms with van der Waals surface area (Å²) in [6.07, 6.45) is 0.732. The van der Waals surface area contributed by atoms with E-state index in [-0.39, 0.29) is 17.5 Å². The minimum atomic E-state index is -0.326. The highest BCUT2D eigenvalue weighted by Gasteiger charge is 2.16. The van der Waals surface area contributed by atoms with Gasteiger partial charge in [-0.15, -0.1) is 0 Å². The molecule has 70 valence electrons. The van der Waals surface area contributed by atoms with Crippen molar-refractivity contribution in [2.24, 2.45) is 22.6 Å². The number of rotatable bonds is 4. The van der Waals surface area contributed by atoms with Crippen molar-refractivity contribution in [1.82, 2.24) is 0 Å². The summed E-state index contributed by atoms with van der Waals surface area (Å²) in [6, 6.07) is -0.326. The summed E-state index contributed by atoms with van der Waals surface area (Å²) in [6.45, 7) is 5.49. The minimum absolute atomic E-state index is 0.148. The fourth-order valence-corrected chi connectivity index (χ4v) is 1.07. The molecule has 1 unspecified atom stereocenters. The standard InChI is InChI=1S/C8H17N3O/c1-5(2)4-7(9)8(11-10)6(3)12/h5,7H,4,9-10H2,1-3H3. The van der Waals surface area contributed by atoms with Crippen LogP contribution in [0.15, 0.2) is 5.10 Å². The van der Waals surface area contributed by atoms with Crippen molar-refractivity contribution >= 4 is 11.5 Å². The zero-order chi connectivity index (χ0) is 9.72. The Hall–Kier alpha value is -0.900. The number of ketones is 1. The molecule has 0 spiro atoms. The zero-order valence-electron chi connectivity index (χ0n) is 7.87. The van der Waals surface area contributed by atoms with Crippen LogP contribution >= 0.6 is 0 Å². The molecule has 0 aromatic rings. The van der Waals surface area contributed by atoms with E-state index in [1.165, 1.54) is 6.92 Å². The average Bonchev–Trinajstić information content (AvgIpc) is 1.85. The van der Waals surface area contributed by atoms with E-state index in [1.807, 2.05) is 13.8 Å². The highest BCUT2D eigenvalue weighted by atomic mass is 16.1. The molecule has 0 aromatic carbocycles. The molecule has 0 aliphatic heterocycles. The van der Waals surface area contributed by atoms with Gasteiger partial charge in [0.15, 0.2) is 5.78 Å². The molecule has 1 atom stereocenters. The number of Topliss-reactive ketones (excluding diaryl/α,β-unsaturated/α-hetero) is 1. The molecular weight excluding hydrogens is 154 g/mol. The van der Waals surface area contributed by atoms with Crippen LogP contribution in [0.2, 0.25) is 0 Å². The van der Waals surface area contributed by atoms with Crippen LogP contribution in [0.3, 0.4) is 0 Å². The van der Waals surface area contributed by atoms with Crippen LogP contribution in [0, 0.1) is 5.92 Å². The summed E-state index contributed by atoms with van der Waals surface area (Å²) >= 11 is 0. The van der Waals surface area contributed by atoms with E-state index in [9.17, 15) is 4.79 Å². The second-order valence-corrected chi connectivity index (χ2v) is 3.31. The second kappa shape index (κ2) is 4.87. The SMILES string of the molecule is CC(=O)C(=NN)C(N)CC(C)C. The van der Waals surface area contributed by atoms with Gasteiger partial charge in [0, 0.05) is 6.92 Å². The molecule has 12 heavy (non-hydrogen) atoms. The number of nitrogens with zero attached hydrogens (tertiary/aromatic N) is 1. The van der Waals surface area contributed by atoms with Gasteiger partial charge in [0.05, 0.1) is 6.04 Å². The first kappa shape index (κ1) is 11.1. The molecule has 0 heterocycles. The minimum Gasteiger partial charge on any atom is -0.323 e. The van der Waals surface area contributed by atoms with E-state index < -0.39 is 0 Å². The Labute approximate surface area is 73.0 Å². The molecule has 0 bridgehead atoms. The molecule has 4 N–H and O–H groups in total. The Bertz CT molecular complexity index is 187. The largest absolute Gasteiger partial charge is 0.323 e. The maximum atomic E-state index is 10.9. The van der Waals surface area contributed by atoms with Crippen LogP contribution in [0.5, 0.6) is 0 Å². The van der Waals surface area contributed by atoms with Crippen molar-refractivity contribution < 1.29 is 4.79 Å². The Morgan fingerprint density at radius 3 is 2.25 bits per heavy atom. The van der Waals surface area contributed by atoms with Gasteiger partial charge in [0.2, 0.25) is 0 Å². The lowest BCUT2D eigenvalue weighted by atomic mass is 9.99. The first-order valence-electron chi connectivity index (χ1n) is 4.03. The normalized spacial score (nSPS) is 14.9. The van der Waals surface area contributed by atoms with Gasteiger partial charge < -0.3 is 11.6 Å². The van der Waals surface area contributed by atoms with Gasteiger partial charge in [0.1, 0.15) is 5.71 Å². The van der Waals surface area contributed by atoms with Gasteiger partial charge in [-0.25, -0.2) is 0 Å². The first-order chi connectivity index (χ1) is 5.49. The number of hydrogen-bond acceptors (Lipinski definition) is 4. The molecule has 0 aliphatic rings. The quantitative estimate of drug-likeness (QED) is 0.362. The van der Waals surface area contributed by atoms with Crippen molar-refractivity contribution in [3.05, 3.63) is 0 Å². The van der Waals surface area contributed by atoms with Gasteiger partial charge in [-0.1, -0.05) is 13.8 Å². The maximum absolute atomic E-state index is 10.9.